The monoisotopic (exact) mass is 285 g/mol. The number of aromatic carboxylic acids is 1. The first-order chi connectivity index (χ1) is 10.0. The molecule has 0 radical (unpaired) electrons. The fraction of sp³-hybridized carbons (Fsp3) is 0.267. The minimum absolute atomic E-state index is 0.0476. The van der Waals surface area contributed by atoms with Crippen LogP contribution in [0.4, 0.5) is 0 Å². The fourth-order valence-corrected chi connectivity index (χ4v) is 1.72. The molecule has 0 aliphatic rings. The number of carbonyl (C=O) groups is 1. The quantitative estimate of drug-likeness (QED) is 0.911. The van der Waals surface area contributed by atoms with Crippen LogP contribution in [0, 0.1) is 17.2 Å². The number of hydrogen-bond donors (Lipinski definition) is 1. The Morgan fingerprint density at radius 2 is 2.29 bits per heavy atom. The second-order valence-corrected chi connectivity index (χ2v) is 4.97. The normalized spacial score (nSPS) is 10.4. The van der Waals surface area contributed by atoms with E-state index in [1.807, 2.05) is 13.8 Å². The highest BCUT2D eigenvalue weighted by molar-refractivity contribution is 5.85. The molecular weight excluding hydrogens is 270 g/mol. The highest BCUT2D eigenvalue weighted by Crippen LogP contribution is 2.22. The van der Waals surface area contributed by atoms with Crippen LogP contribution in [0.5, 0.6) is 5.75 Å². The van der Waals surface area contributed by atoms with Crippen molar-refractivity contribution in [3.63, 3.8) is 0 Å². The van der Waals surface area contributed by atoms with Gasteiger partial charge in [-0.05, 0) is 24.1 Å². The Morgan fingerprint density at radius 3 is 2.86 bits per heavy atom. The smallest absolute Gasteiger partial charge is 0.356 e. The number of carboxylic acid groups (broad SMARTS) is 1. The zero-order valence-electron chi connectivity index (χ0n) is 11.8. The number of nitrogens with zero attached hydrogens (tertiary/aromatic N) is 3. The van der Waals surface area contributed by atoms with Crippen LogP contribution in [0.15, 0.2) is 30.7 Å². The van der Waals surface area contributed by atoms with Gasteiger partial charge in [0, 0.05) is 11.9 Å². The summed E-state index contributed by atoms with van der Waals surface area (Å²) in [7, 11) is 0. The Balaban J connectivity index is 2.29. The Kier molecular flexibility index (Phi) is 4.24. The van der Waals surface area contributed by atoms with Gasteiger partial charge in [-0.25, -0.2) is 9.78 Å². The molecule has 1 N–H and O–H groups in total. The van der Waals surface area contributed by atoms with Crippen molar-refractivity contribution in [2.45, 2.75) is 13.8 Å². The van der Waals surface area contributed by atoms with Crippen molar-refractivity contribution < 1.29 is 14.6 Å². The van der Waals surface area contributed by atoms with E-state index in [2.05, 4.69) is 11.1 Å². The number of nitriles is 1. The molecule has 0 saturated heterocycles. The van der Waals surface area contributed by atoms with Gasteiger partial charge >= 0.3 is 5.97 Å². The van der Waals surface area contributed by atoms with E-state index in [0.29, 0.717) is 29.5 Å². The largest absolute Gasteiger partial charge is 0.492 e. The van der Waals surface area contributed by atoms with Crippen LogP contribution in [0.1, 0.15) is 29.9 Å². The SMILES string of the molecule is CC(C)COc1ccc(-n2cnc(C(=O)O)c2)cc1C#N. The zero-order valence-corrected chi connectivity index (χ0v) is 11.8. The summed E-state index contributed by atoms with van der Waals surface area (Å²) in [6.45, 7) is 4.58. The molecule has 1 aromatic carbocycles. The molecule has 108 valence electrons. The maximum Gasteiger partial charge on any atom is 0.356 e. The molecule has 0 atom stereocenters. The summed E-state index contributed by atoms with van der Waals surface area (Å²) in [6.07, 6.45) is 2.79. The minimum Gasteiger partial charge on any atom is -0.492 e. The third kappa shape index (κ3) is 3.39. The highest BCUT2D eigenvalue weighted by Gasteiger charge is 2.10. The van der Waals surface area contributed by atoms with Gasteiger partial charge < -0.3 is 14.4 Å². The summed E-state index contributed by atoms with van der Waals surface area (Å²) >= 11 is 0. The molecule has 1 aromatic heterocycles. The number of carboxylic acids is 1. The molecule has 2 aromatic rings. The van der Waals surface area contributed by atoms with Crippen molar-refractivity contribution in [1.29, 1.82) is 5.26 Å². The van der Waals surface area contributed by atoms with Gasteiger partial charge in [0.1, 0.15) is 18.1 Å². The van der Waals surface area contributed by atoms with Gasteiger partial charge in [-0.1, -0.05) is 13.8 Å². The third-order valence-corrected chi connectivity index (χ3v) is 2.76. The standard InChI is InChI=1S/C15H15N3O3/c1-10(2)8-21-14-4-3-12(5-11(14)6-16)18-7-13(15(19)20)17-9-18/h3-5,7,9-10H,8H2,1-2H3,(H,19,20). The van der Waals surface area contributed by atoms with E-state index < -0.39 is 5.97 Å². The molecule has 6 heteroatoms. The first kappa shape index (κ1) is 14.6. The van der Waals surface area contributed by atoms with E-state index >= 15 is 0 Å². The number of imidazole rings is 1. The van der Waals surface area contributed by atoms with E-state index in [-0.39, 0.29) is 5.69 Å². The van der Waals surface area contributed by atoms with Crippen molar-refractivity contribution in [1.82, 2.24) is 9.55 Å². The van der Waals surface area contributed by atoms with Crippen molar-refractivity contribution >= 4 is 5.97 Å². The van der Waals surface area contributed by atoms with Gasteiger partial charge in [0.05, 0.1) is 12.2 Å². The topological polar surface area (TPSA) is 88.1 Å². The average molecular weight is 285 g/mol. The first-order valence-corrected chi connectivity index (χ1v) is 6.46. The predicted molar refractivity (Wildman–Crippen MR) is 75.6 cm³/mol. The molecule has 2 rings (SSSR count). The van der Waals surface area contributed by atoms with Gasteiger partial charge in [0.2, 0.25) is 0 Å². The van der Waals surface area contributed by atoms with Gasteiger partial charge in [0.25, 0.3) is 0 Å². The zero-order chi connectivity index (χ0) is 15.4. The second kappa shape index (κ2) is 6.09. The van der Waals surface area contributed by atoms with Gasteiger partial charge in [-0.15, -0.1) is 0 Å². The molecule has 0 fully saturated rings. The van der Waals surface area contributed by atoms with E-state index in [0.717, 1.165) is 0 Å². The van der Waals surface area contributed by atoms with E-state index in [1.165, 1.54) is 12.5 Å². The second-order valence-electron chi connectivity index (χ2n) is 4.97. The van der Waals surface area contributed by atoms with E-state index in [9.17, 15) is 10.1 Å². The molecule has 0 aliphatic heterocycles. The van der Waals surface area contributed by atoms with E-state index in [4.69, 9.17) is 9.84 Å². The summed E-state index contributed by atoms with van der Waals surface area (Å²) in [5.74, 6) is -0.206. The Labute approximate surface area is 122 Å². The van der Waals surface area contributed by atoms with Crippen molar-refractivity contribution in [3.05, 3.63) is 42.0 Å². The first-order valence-electron chi connectivity index (χ1n) is 6.46. The van der Waals surface area contributed by atoms with Crippen LogP contribution in [-0.2, 0) is 0 Å². The highest BCUT2D eigenvalue weighted by atomic mass is 16.5. The van der Waals surface area contributed by atoms with E-state index in [1.54, 1.807) is 22.8 Å². The molecule has 21 heavy (non-hydrogen) atoms. The fourth-order valence-electron chi connectivity index (χ4n) is 1.72. The minimum atomic E-state index is -1.09. The number of rotatable bonds is 5. The summed E-state index contributed by atoms with van der Waals surface area (Å²) in [4.78, 5) is 14.6. The average Bonchev–Trinajstić information content (AvgIpc) is 2.94. The van der Waals surface area contributed by atoms with Crippen LogP contribution < -0.4 is 4.74 Å². The summed E-state index contributed by atoms with van der Waals surface area (Å²) in [6, 6.07) is 7.18. The van der Waals surface area contributed by atoms with Crippen molar-refractivity contribution in [3.8, 4) is 17.5 Å². The Morgan fingerprint density at radius 1 is 1.52 bits per heavy atom. The number of aromatic nitrogens is 2. The lowest BCUT2D eigenvalue weighted by molar-refractivity contribution is 0.0691. The van der Waals surface area contributed by atoms with Gasteiger partial charge in [-0.3, -0.25) is 0 Å². The lowest BCUT2D eigenvalue weighted by Gasteiger charge is -2.11. The Bertz CT molecular complexity index is 698. The van der Waals surface area contributed by atoms with Gasteiger partial charge in [0.15, 0.2) is 5.69 Å². The van der Waals surface area contributed by atoms with Crippen LogP contribution >= 0.6 is 0 Å². The molecular formula is C15H15N3O3. The summed E-state index contributed by atoms with van der Waals surface area (Å²) in [5.41, 5.74) is 1.01. The van der Waals surface area contributed by atoms with Crippen LogP contribution in [0.25, 0.3) is 5.69 Å². The lowest BCUT2D eigenvalue weighted by atomic mass is 10.2. The summed E-state index contributed by atoms with van der Waals surface area (Å²) < 4.78 is 7.13. The molecule has 0 amide bonds. The third-order valence-electron chi connectivity index (χ3n) is 2.76. The maximum atomic E-state index is 10.8. The molecule has 0 aliphatic carbocycles. The molecule has 6 nitrogen and oxygen atoms in total. The van der Waals surface area contributed by atoms with Crippen molar-refractivity contribution in [2.75, 3.05) is 6.61 Å². The lowest BCUT2D eigenvalue weighted by Crippen LogP contribution is -2.06. The van der Waals surface area contributed by atoms with Crippen LogP contribution in [0.2, 0.25) is 0 Å². The molecule has 0 spiro atoms. The van der Waals surface area contributed by atoms with Crippen molar-refractivity contribution in [2.24, 2.45) is 5.92 Å². The molecule has 0 bridgehead atoms. The molecule has 1 heterocycles. The molecule has 0 unspecified atom stereocenters. The predicted octanol–water partition coefficient (Wildman–Crippen LogP) is 2.48. The molecule has 0 saturated carbocycles. The summed E-state index contributed by atoms with van der Waals surface area (Å²) in [5, 5.41) is 18.1. The number of hydrogen-bond acceptors (Lipinski definition) is 4. The number of ether oxygens (including phenoxy) is 1. The van der Waals surface area contributed by atoms with Crippen LogP contribution in [0.3, 0.4) is 0 Å². The Hall–Kier alpha value is -2.81. The van der Waals surface area contributed by atoms with Crippen LogP contribution in [-0.4, -0.2) is 27.2 Å². The maximum absolute atomic E-state index is 10.8. The number of benzene rings is 1. The van der Waals surface area contributed by atoms with Gasteiger partial charge in [-0.2, -0.15) is 5.26 Å².